The molecule has 0 fully saturated rings. The Balaban J connectivity index is 2.61. The van der Waals surface area contributed by atoms with E-state index in [-0.39, 0.29) is 0 Å². The Labute approximate surface area is 88.4 Å². The zero-order chi connectivity index (χ0) is 9.97. The van der Waals surface area contributed by atoms with Gasteiger partial charge in [-0.3, -0.25) is 0 Å². The minimum absolute atomic E-state index is 0.863. The Morgan fingerprint density at radius 1 is 1.14 bits per heavy atom. The molecule has 0 saturated carbocycles. The second-order valence-corrected chi connectivity index (χ2v) is 3.72. The van der Waals surface area contributed by atoms with E-state index in [0.717, 1.165) is 10.2 Å². The third kappa shape index (κ3) is 1.75. The molecule has 0 amide bonds. The Bertz CT molecular complexity index is 499. The maximum Gasteiger partial charge on any atom is 0.0470 e. The van der Waals surface area contributed by atoms with Crippen LogP contribution in [0.2, 0.25) is 0 Å². The fraction of sp³-hybridized carbons (Fsp3) is 0.0833. The normalized spacial score (nSPS) is 10.1. The molecule has 1 heterocycles. The van der Waals surface area contributed by atoms with Crippen LogP contribution in [0, 0.1) is 11.4 Å². The number of aryl methyl sites for hydroxylation is 1. The number of benzene rings is 1. The first kappa shape index (κ1) is 9.16. The van der Waals surface area contributed by atoms with Crippen LogP contribution < -0.4 is 0 Å². The van der Waals surface area contributed by atoms with Crippen LogP contribution in [0.3, 0.4) is 0 Å². The van der Waals surface area contributed by atoms with E-state index in [1.807, 2.05) is 30.5 Å². The van der Waals surface area contributed by atoms with Gasteiger partial charge in [-0.05, 0) is 24.6 Å². The Kier molecular flexibility index (Phi) is 2.46. The maximum atomic E-state index is 5.12. The average molecular weight is 201 g/mol. The summed E-state index contributed by atoms with van der Waals surface area (Å²) in [5.74, 6) is 0. The van der Waals surface area contributed by atoms with Crippen molar-refractivity contribution < 1.29 is 0 Å². The third-order valence-corrected chi connectivity index (χ3v) is 2.46. The van der Waals surface area contributed by atoms with Crippen LogP contribution in [-0.4, -0.2) is 4.98 Å². The van der Waals surface area contributed by atoms with Gasteiger partial charge in [-0.25, -0.2) is 0 Å². The van der Waals surface area contributed by atoms with Crippen molar-refractivity contribution in [2.75, 3.05) is 0 Å². The summed E-state index contributed by atoms with van der Waals surface area (Å²) in [5.41, 5.74) is 3.54. The molecule has 1 aromatic carbocycles. The smallest absolute Gasteiger partial charge is 0.0470 e. The first-order valence-corrected chi connectivity index (χ1v) is 4.93. The van der Waals surface area contributed by atoms with E-state index in [9.17, 15) is 0 Å². The Morgan fingerprint density at radius 3 is 2.64 bits per heavy atom. The highest BCUT2D eigenvalue weighted by Gasteiger charge is 1.99. The summed E-state index contributed by atoms with van der Waals surface area (Å²) in [6.45, 7) is 2.10. The fourth-order valence-electron chi connectivity index (χ4n) is 1.48. The van der Waals surface area contributed by atoms with Gasteiger partial charge in [-0.2, -0.15) is 0 Å². The highest BCUT2D eigenvalue weighted by atomic mass is 32.1. The molecule has 14 heavy (non-hydrogen) atoms. The number of H-pyrrole nitrogens is 1. The molecule has 0 aliphatic carbocycles. The van der Waals surface area contributed by atoms with Crippen molar-refractivity contribution in [2.24, 2.45) is 0 Å². The molecule has 70 valence electrons. The van der Waals surface area contributed by atoms with Gasteiger partial charge in [-0.15, -0.1) is 0 Å². The van der Waals surface area contributed by atoms with Crippen LogP contribution in [0.25, 0.3) is 11.3 Å². The summed E-state index contributed by atoms with van der Waals surface area (Å²) >= 11 is 5.12. The van der Waals surface area contributed by atoms with Crippen molar-refractivity contribution in [1.82, 2.24) is 4.98 Å². The van der Waals surface area contributed by atoms with Crippen molar-refractivity contribution in [2.45, 2.75) is 6.92 Å². The van der Waals surface area contributed by atoms with Crippen LogP contribution in [-0.2, 0) is 0 Å². The topological polar surface area (TPSA) is 15.8 Å². The molecule has 1 nitrogen and oxygen atoms in total. The number of hydrogen-bond acceptors (Lipinski definition) is 1. The van der Waals surface area contributed by atoms with Gasteiger partial charge in [-0.1, -0.05) is 36.5 Å². The van der Waals surface area contributed by atoms with Gasteiger partial charge in [0.25, 0.3) is 0 Å². The van der Waals surface area contributed by atoms with Gasteiger partial charge in [0.1, 0.15) is 0 Å². The molecule has 2 heteroatoms. The van der Waals surface area contributed by atoms with E-state index >= 15 is 0 Å². The number of nitrogens with one attached hydrogen (secondary N) is 1. The van der Waals surface area contributed by atoms with E-state index in [2.05, 4.69) is 24.0 Å². The van der Waals surface area contributed by atoms with Crippen molar-refractivity contribution >= 4 is 12.2 Å². The van der Waals surface area contributed by atoms with E-state index in [1.54, 1.807) is 0 Å². The van der Waals surface area contributed by atoms with E-state index < -0.39 is 0 Å². The lowest BCUT2D eigenvalue weighted by molar-refractivity contribution is 1.30. The largest absolute Gasteiger partial charge is 0.361 e. The molecule has 2 rings (SSSR count). The zero-order valence-electron chi connectivity index (χ0n) is 7.95. The van der Waals surface area contributed by atoms with Gasteiger partial charge in [0, 0.05) is 22.0 Å². The van der Waals surface area contributed by atoms with Crippen molar-refractivity contribution in [3.05, 3.63) is 52.7 Å². The van der Waals surface area contributed by atoms with Crippen LogP contribution in [0.15, 0.2) is 42.6 Å². The molecule has 0 bridgehead atoms. The van der Waals surface area contributed by atoms with Gasteiger partial charge < -0.3 is 4.98 Å². The summed E-state index contributed by atoms with van der Waals surface area (Å²) < 4.78 is 0.863. The van der Waals surface area contributed by atoms with Crippen LogP contribution in [0.4, 0.5) is 0 Å². The van der Waals surface area contributed by atoms with E-state index in [4.69, 9.17) is 12.2 Å². The van der Waals surface area contributed by atoms with Crippen molar-refractivity contribution in [3.8, 4) is 11.3 Å². The molecule has 0 unspecified atom stereocenters. The number of hydrogen-bond donors (Lipinski definition) is 1. The lowest BCUT2D eigenvalue weighted by atomic mass is 10.1. The fourth-order valence-corrected chi connectivity index (χ4v) is 1.66. The van der Waals surface area contributed by atoms with Gasteiger partial charge in [0.15, 0.2) is 0 Å². The van der Waals surface area contributed by atoms with Crippen LogP contribution >= 0.6 is 12.2 Å². The average Bonchev–Trinajstić information content (AvgIpc) is 2.18. The minimum atomic E-state index is 0.863. The third-order valence-electron chi connectivity index (χ3n) is 2.21. The Hall–Kier alpha value is -1.41. The summed E-state index contributed by atoms with van der Waals surface area (Å²) in [6.07, 6.45) is 1.88. The second-order valence-electron chi connectivity index (χ2n) is 3.25. The number of aromatic nitrogens is 1. The van der Waals surface area contributed by atoms with Crippen LogP contribution in [0.5, 0.6) is 0 Å². The SMILES string of the molecule is Cc1ccccc1-c1cc(=S)cc[nH]1. The molecule has 1 aromatic heterocycles. The van der Waals surface area contributed by atoms with Crippen LogP contribution in [0.1, 0.15) is 5.56 Å². The quantitative estimate of drug-likeness (QED) is 0.695. The van der Waals surface area contributed by atoms with E-state index in [1.165, 1.54) is 11.1 Å². The summed E-state index contributed by atoms with van der Waals surface area (Å²) in [5, 5.41) is 0. The molecule has 0 aliphatic rings. The highest BCUT2D eigenvalue weighted by molar-refractivity contribution is 7.71. The van der Waals surface area contributed by atoms with Gasteiger partial charge in [0.05, 0.1) is 0 Å². The predicted molar refractivity (Wildman–Crippen MR) is 61.8 cm³/mol. The van der Waals surface area contributed by atoms with Crippen molar-refractivity contribution in [3.63, 3.8) is 0 Å². The second kappa shape index (κ2) is 3.76. The number of rotatable bonds is 1. The molecular formula is C12H11NS. The maximum absolute atomic E-state index is 5.12. The van der Waals surface area contributed by atoms with Crippen molar-refractivity contribution in [1.29, 1.82) is 0 Å². The molecule has 0 aliphatic heterocycles. The molecule has 0 spiro atoms. The molecular weight excluding hydrogens is 190 g/mol. The van der Waals surface area contributed by atoms with E-state index in [0.29, 0.717) is 0 Å². The molecule has 2 aromatic rings. The lowest BCUT2D eigenvalue weighted by Crippen LogP contribution is -1.85. The monoisotopic (exact) mass is 201 g/mol. The summed E-state index contributed by atoms with van der Waals surface area (Å²) in [6, 6.07) is 12.1. The summed E-state index contributed by atoms with van der Waals surface area (Å²) in [4.78, 5) is 3.20. The standard InChI is InChI=1S/C12H11NS/c1-9-4-2-3-5-11(9)12-8-10(14)6-7-13-12/h2-8H,1H3,(H,13,14). The van der Waals surface area contributed by atoms with Gasteiger partial charge >= 0.3 is 0 Å². The first-order chi connectivity index (χ1) is 6.77. The zero-order valence-corrected chi connectivity index (χ0v) is 8.77. The minimum Gasteiger partial charge on any atom is -0.361 e. The summed E-state index contributed by atoms with van der Waals surface area (Å²) in [7, 11) is 0. The number of aromatic amines is 1. The molecule has 0 atom stereocenters. The molecule has 0 radical (unpaired) electrons. The predicted octanol–water partition coefficient (Wildman–Crippen LogP) is 3.72. The molecule has 0 saturated heterocycles. The molecule has 1 N–H and O–H groups in total. The Morgan fingerprint density at radius 2 is 1.93 bits per heavy atom. The number of pyridine rings is 1. The highest BCUT2D eigenvalue weighted by Crippen LogP contribution is 2.20. The first-order valence-electron chi connectivity index (χ1n) is 4.52. The lowest BCUT2D eigenvalue weighted by Gasteiger charge is -2.04. The van der Waals surface area contributed by atoms with Gasteiger partial charge in [0.2, 0.25) is 0 Å².